The van der Waals surface area contributed by atoms with Crippen molar-refractivity contribution in [1.29, 1.82) is 0 Å². The third kappa shape index (κ3) is 1.85. The minimum atomic E-state index is 0.464. The summed E-state index contributed by atoms with van der Waals surface area (Å²) in [5, 5.41) is 0. The summed E-state index contributed by atoms with van der Waals surface area (Å²) in [6.45, 7) is 2.23. The number of benzene rings is 2. The molecule has 1 unspecified atom stereocenters. The molecule has 0 nitrogen and oxygen atoms in total. The summed E-state index contributed by atoms with van der Waals surface area (Å²) >= 11 is 0. The molecule has 1 atom stereocenters. The highest BCUT2D eigenvalue weighted by molar-refractivity contribution is 5.30. The lowest BCUT2D eigenvalue weighted by atomic mass is 9.93. The standard InChI is InChI=1S/C14H13/c1-12(13-8-4-2-5-9-13)14-10-6-3-7-11-14/h2,4-12H,1H3. The van der Waals surface area contributed by atoms with Crippen LogP contribution in [-0.2, 0) is 0 Å². The fourth-order valence-electron chi connectivity index (χ4n) is 1.62. The third-order valence-electron chi connectivity index (χ3n) is 2.54. The van der Waals surface area contributed by atoms with Crippen LogP contribution in [0.4, 0.5) is 0 Å². The van der Waals surface area contributed by atoms with Crippen LogP contribution in [-0.4, -0.2) is 0 Å². The molecule has 14 heavy (non-hydrogen) atoms. The van der Waals surface area contributed by atoms with E-state index in [2.05, 4.69) is 55.5 Å². The van der Waals surface area contributed by atoms with Crippen LogP contribution >= 0.6 is 0 Å². The summed E-state index contributed by atoms with van der Waals surface area (Å²) in [7, 11) is 0. The molecule has 0 saturated carbocycles. The van der Waals surface area contributed by atoms with E-state index in [-0.39, 0.29) is 0 Å². The van der Waals surface area contributed by atoms with Crippen LogP contribution in [0.2, 0.25) is 0 Å². The first kappa shape index (κ1) is 9.01. The van der Waals surface area contributed by atoms with Crippen LogP contribution in [0.3, 0.4) is 0 Å². The van der Waals surface area contributed by atoms with Crippen molar-refractivity contribution < 1.29 is 0 Å². The second kappa shape index (κ2) is 4.10. The lowest BCUT2D eigenvalue weighted by Gasteiger charge is -2.11. The predicted octanol–water partition coefficient (Wildman–Crippen LogP) is 3.64. The van der Waals surface area contributed by atoms with Gasteiger partial charge in [-0.1, -0.05) is 61.5 Å². The van der Waals surface area contributed by atoms with Crippen LogP contribution in [0, 0.1) is 6.07 Å². The lowest BCUT2D eigenvalue weighted by molar-refractivity contribution is 0.922. The molecule has 0 aliphatic heterocycles. The lowest BCUT2D eigenvalue weighted by Crippen LogP contribution is -1.94. The zero-order chi connectivity index (χ0) is 9.80. The van der Waals surface area contributed by atoms with Gasteiger partial charge < -0.3 is 0 Å². The third-order valence-corrected chi connectivity index (χ3v) is 2.54. The van der Waals surface area contributed by atoms with Crippen molar-refractivity contribution in [2.45, 2.75) is 12.8 Å². The molecule has 69 valence electrons. The van der Waals surface area contributed by atoms with E-state index in [1.165, 1.54) is 11.1 Å². The van der Waals surface area contributed by atoms with E-state index in [4.69, 9.17) is 0 Å². The highest BCUT2D eigenvalue weighted by atomic mass is 14.1. The number of hydrogen-bond donors (Lipinski definition) is 0. The van der Waals surface area contributed by atoms with Gasteiger partial charge in [0.15, 0.2) is 0 Å². The molecule has 2 rings (SSSR count). The maximum atomic E-state index is 3.04. The van der Waals surface area contributed by atoms with Crippen LogP contribution in [0.1, 0.15) is 24.0 Å². The van der Waals surface area contributed by atoms with E-state index >= 15 is 0 Å². The Kier molecular flexibility index (Phi) is 2.64. The number of hydrogen-bond acceptors (Lipinski definition) is 0. The van der Waals surface area contributed by atoms with Crippen LogP contribution in [0.5, 0.6) is 0 Å². The molecule has 1 radical (unpaired) electrons. The zero-order valence-corrected chi connectivity index (χ0v) is 8.27. The van der Waals surface area contributed by atoms with Gasteiger partial charge in [-0.15, -0.1) is 0 Å². The first-order chi connectivity index (χ1) is 6.88. The Morgan fingerprint density at radius 2 is 1.43 bits per heavy atom. The van der Waals surface area contributed by atoms with Gasteiger partial charge in [-0.05, 0) is 17.2 Å². The van der Waals surface area contributed by atoms with Crippen molar-refractivity contribution in [2.24, 2.45) is 0 Å². The molecule has 0 N–H and O–H groups in total. The van der Waals surface area contributed by atoms with Crippen LogP contribution in [0.25, 0.3) is 0 Å². The molecule has 0 amide bonds. The van der Waals surface area contributed by atoms with E-state index < -0.39 is 0 Å². The summed E-state index contributed by atoms with van der Waals surface area (Å²) in [4.78, 5) is 0. The topological polar surface area (TPSA) is 0 Å². The van der Waals surface area contributed by atoms with Crippen molar-refractivity contribution >= 4 is 0 Å². The molecule has 0 spiro atoms. The molecule has 0 fully saturated rings. The molecule has 0 aliphatic rings. The van der Waals surface area contributed by atoms with Crippen LogP contribution in [0.15, 0.2) is 54.6 Å². The van der Waals surface area contributed by atoms with Gasteiger partial charge in [0, 0.05) is 5.92 Å². The van der Waals surface area contributed by atoms with Crippen molar-refractivity contribution in [2.75, 3.05) is 0 Å². The number of rotatable bonds is 2. The van der Waals surface area contributed by atoms with Crippen molar-refractivity contribution in [3.05, 3.63) is 71.8 Å². The smallest absolute Gasteiger partial charge is 0.00610 e. The molecule has 0 heterocycles. The minimum Gasteiger partial charge on any atom is -0.0622 e. The highest BCUT2D eigenvalue weighted by Crippen LogP contribution is 2.22. The SMILES string of the molecule is CC(c1cc[c]cc1)c1ccccc1. The Morgan fingerprint density at radius 3 is 2.07 bits per heavy atom. The van der Waals surface area contributed by atoms with Crippen molar-refractivity contribution in [3.8, 4) is 0 Å². The van der Waals surface area contributed by atoms with Gasteiger partial charge in [0.2, 0.25) is 0 Å². The molecule has 0 saturated heterocycles. The molecule has 0 aromatic heterocycles. The molecular weight excluding hydrogens is 168 g/mol. The van der Waals surface area contributed by atoms with Crippen LogP contribution < -0.4 is 0 Å². The van der Waals surface area contributed by atoms with Gasteiger partial charge >= 0.3 is 0 Å². The molecule has 0 heteroatoms. The van der Waals surface area contributed by atoms with Gasteiger partial charge in [-0.25, -0.2) is 0 Å². The Labute approximate surface area is 85.2 Å². The van der Waals surface area contributed by atoms with Gasteiger partial charge in [-0.2, -0.15) is 0 Å². The molecular formula is C14H13. The molecule has 0 bridgehead atoms. The zero-order valence-electron chi connectivity index (χ0n) is 8.27. The largest absolute Gasteiger partial charge is 0.0622 e. The van der Waals surface area contributed by atoms with Gasteiger partial charge in [0.05, 0.1) is 0 Å². The second-order valence-corrected chi connectivity index (χ2v) is 3.47. The summed E-state index contributed by atoms with van der Waals surface area (Å²) < 4.78 is 0. The fourth-order valence-corrected chi connectivity index (χ4v) is 1.62. The first-order valence-corrected chi connectivity index (χ1v) is 4.89. The van der Waals surface area contributed by atoms with Gasteiger partial charge in [-0.3, -0.25) is 0 Å². The monoisotopic (exact) mass is 181 g/mol. The summed E-state index contributed by atoms with van der Waals surface area (Å²) in [5.74, 6) is 0.464. The maximum Gasteiger partial charge on any atom is 0.00610 e. The summed E-state index contributed by atoms with van der Waals surface area (Å²) in [6.07, 6.45) is 0. The Bertz CT molecular complexity index is 336. The maximum absolute atomic E-state index is 3.04. The van der Waals surface area contributed by atoms with Crippen molar-refractivity contribution in [3.63, 3.8) is 0 Å². The van der Waals surface area contributed by atoms with Crippen molar-refractivity contribution in [1.82, 2.24) is 0 Å². The predicted molar refractivity (Wildman–Crippen MR) is 59.2 cm³/mol. The quantitative estimate of drug-likeness (QED) is 0.663. The Balaban J connectivity index is 2.30. The Hall–Kier alpha value is -1.56. The Morgan fingerprint density at radius 1 is 0.857 bits per heavy atom. The average molecular weight is 181 g/mol. The molecule has 2 aromatic carbocycles. The first-order valence-electron chi connectivity index (χ1n) is 4.89. The van der Waals surface area contributed by atoms with E-state index in [1.54, 1.807) is 0 Å². The minimum absolute atomic E-state index is 0.464. The molecule has 0 aliphatic carbocycles. The van der Waals surface area contributed by atoms with Gasteiger partial charge in [0.25, 0.3) is 0 Å². The fraction of sp³-hybridized carbons (Fsp3) is 0.143. The normalized spacial score (nSPS) is 10.4. The summed E-state index contributed by atoms with van der Waals surface area (Å²) in [5.41, 5.74) is 2.70. The van der Waals surface area contributed by atoms with Gasteiger partial charge in [0.1, 0.15) is 0 Å². The highest BCUT2D eigenvalue weighted by Gasteiger charge is 2.05. The second-order valence-electron chi connectivity index (χ2n) is 3.47. The van der Waals surface area contributed by atoms with E-state index in [0.29, 0.717) is 5.92 Å². The van der Waals surface area contributed by atoms with E-state index in [1.807, 2.05) is 12.1 Å². The average Bonchev–Trinajstić information content (AvgIpc) is 2.30. The molecule has 2 aromatic rings. The summed E-state index contributed by atoms with van der Waals surface area (Å²) in [6, 6.07) is 21.8. The van der Waals surface area contributed by atoms with E-state index in [9.17, 15) is 0 Å². The van der Waals surface area contributed by atoms with E-state index in [0.717, 1.165) is 0 Å².